The Bertz CT molecular complexity index is 1020. The second-order valence-corrected chi connectivity index (χ2v) is 8.52. The predicted molar refractivity (Wildman–Crippen MR) is 122 cm³/mol. The topological polar surface area (TPSA) is 74.3 Å². The fraction of sp³-hybridized carbons (Fsp3) is 0.391. The van der Waals surface area contributed by atoms with Crippen LogP contribution in [0.1, 0.15) is 6.42 Å². The van der Waals surface area contributed by atoms with Crippen LogP contribution < -0.4 is 24.6 Å². The number of ether oxygens (including phenoxy) is 2. The third-order valence-electron chi connectivity index (χ3n) is 6.05. The Hall–Kier alpha value is -3.13. The van der Waals surface area contributed by atoms with Gasteiger partial charge in [0.1, 0.15) is 13.2 Å². The number of anilines is 2. The average molecular weight is 457 g/mol. The molecule has 0 radical (unpaired) electrons. The first-order valence-corrected chi connectivity index (χ1v) is 11.2. The predicted octanol–water partition coefficient (Wildman–Crippen LogP) is 2.75. The van der Waals surface area contributed by atoms with Crippen molar-refractivity contribution in [3.05, 3.63) is 47.5 Å². The first-order chi connectivity index (χ1) is 15.6. The van der Waals surface area contributed by atoms with Crippen LogP contribution in [0.25, 0.3) is 0 Å². The van der Waals surface area contributed by atoms with E-state index in [1.165, 1.54) is 0 Å². The molecule has 3 heterocycles. The molecule has 5 rings (SSSR count). The number of piperazine rings is 1. The van der Waals surface area contributed by atoms with Gasteiger partial charge in [-0.2, -0.15) is 0 Å². The number of hydrogen-bond donors (Lipinski definition) is 1. The number of carbonyl (C=O) groups is 2. The quantitative estimate of drug-likeness (QED) is 0.768. The normalized spacial score (nSPS) is 20.5. The molecule has 0 aliphatic carbocycles. The third kappa shape index (κ3) is 4.14. The maximum atomic E-state index is 12.8. The van der Waals surface area contributed by atoms with Gasteiger partial charge in [0, 0.05) is 50.9 Å². The number of rotatable bonds is 3. The summed E-state index contributed by atoms with van der Waals surface area (Å²) in [5.74, 6) is 1.31. The summed E-state index contributed by atoms with van der Waals surface area (Å²) in [6.07, 6.45) is 0.278. The molecule has 0 spiro atoms. The molecule has 0 aromatic heterocycles. The van der Waals surface area contributed by atoms with Crippen LogP contribution in [0.3, 0.4) is 0 Å². The van der Waals surface area contributed by atoms with Crippen molar-refractivity contribution < 1.29 is 19.1 Å². The van der Waals surface area contributed by atoms with Crippen molar-refractivity contribution in [1.29, 1.82) is 0 Å². The number of fused-ring (bicyclic) bond motifs is 1. The SMILES string of the molecule is O=C(NC1CC(=O)N(c2ccc3c(c2)OCCO3)C1)N1CCN(c2ccccc2Cl)CC1. The third-order valence-corrected chi connectivity index (χ3v) is 6.37. The summed E-state index contributed by atoms with van der Waals surface area (Å²) < 4.78 is 11.2. The largest absolute Gasteiger partial charge is 0.486 e. The zero-order valence-electron chi connectivity index (χ0n) is 17.6. The smallest absolute Gasteiger partial charge is 0.317 e. The van der Waals surface area contributed by atoms with E-state index >= 15 is 0 Å². The van der Waals surface area contributed by atoms with Crippen LogP contribution in [0, 0.1) is 0 Å². The van der Waals surface area contributed by atoms with Gasteiger partial charge >= 0.3 is 6.03 Å². The van der Waals surface area contributed by atoms with Crippen LogP contribution in [0.5, 0.6) is 11.5 Å². The minimum atomic E-state index is -0.232. The molecular formula is C23H25ClN4O4. The highest BCUT2D eigenvalue weighted by molar-refractivity contribution is 6.33. The van der Waals surface area contributed by atoms with Gasteiger partial charge in [-0.25, -0.2) is 4.79 Å². The lowest BCUT2D eigenvalue weighted by Crippen LogP contribution is -2.54. The van der Waals surface area contributed by atoms with Crippen molar-refractivity contribution in [2.24, 2.45) is 0 Å². The molecule has 2 aromatic carbocycles. The van der Waals surface area contributed by atoms with E-state index in [4.69, 9.17) is 21.1 Å². The van der Waals surface area contributed by atoms with Crippen molar-refractivity contribution >= 4 is 34.9 Å². The van der Waals surface area contributed by atoms with E-state index in [1.807, 2.05) is 42.5 Å². The number of urea groups is 1. The maximum Gasteiger partial charge on any atom is 0.317 e. The number of carbonyl (C=O) groups excluding carboxylic acids is 2. The van der Waals surface area contributed by atoms with E-state index in [0.717, 1.165) is 11.4 Å². The highest BCUT2D eigenvalue weighted by Crippen LogP contribution is 2.35. The van der Waals surface area contributed by atoms with Crippen LogP contribution in [0.2, 0.25) is 5.02 Å². The van der Waals surface area contributed by atoms with Crippen molar-refractivity contribution in [3.63, 3.8) is 0 Å². The number of nitrogens with zero attached hydrogens (tertiary/aromatic N) is 3. The monoisotopic (exact) mass is 456 g/mol. The molecule has 0 bridgehead atoms. The standard InChI is InChI=1S/C23H25ClN4O4/c24-18-3-1-2-4-19(18)26-7-9-27(10-8-26)23(30)25-16-13-22(29)28(15-16)17-5-6-20-21(14-17)32-12-11-31-20/h1-6,14,16H,7-13,15H2,(H,25,30). The molecule has 3 aliphatic rings. The molecule has 3 aliphatic heterocycles. The van der Waals surface area contributed by atoms with Crippen molar-refractivity contribution in [1.82, 2.24) is 10.2 Å². The summed E-state index contributed by atoms with van der Waals surface area (Å²) in [5.41, 5.74) is 1.75. The van der Waals surface area contributed by atoms with Crippen molar-refractivity contribution in [2.75, 3.05) is 55.7 Å². The van der Waals surface area contributed by atoms with Gasteiger partial charge in [-0.05, 0) is 24.3 Å². The Balaban J connectivity index is 1.16. The summed E-state index contributed by atoms with van der Waals surface area (Å²) in [4.78, 5) is 31.1. The first kappa shape index (κ1) is 20.8. The van der Waals surface area contributed by atoms with E-state index < -0.39 is 0 Å². The molecule has 0 saturated carbocycles. The Kier molecular flexibility index (Phi) is 5.70. The summed E-state index contributed by atoms with van der Waals surface area (Å²) in [5, 5.41) is 3.75. The molecule has 8 nitrogen and oxygen atoms in total. The molecule has 1 atom stereocenters. The second kappa shape index (κ2) is 8.78. The van der Waals surface area contributed by atoms with Crippen molar-refractivity contribution in [2.45, 2.75) is 12.5 Å². The molecule has 168 valence electrons. The van der Waals surface area contributed by atoms with E-state index in [1.54, 1.807) is 9.80 Å². The van der Waals surface area contributed by atoms with Gasteiger partial charge < -0.3 is 29.5 Å². The molecule has 1 N–H and O–H groups in total. The van der Waals surface area contributed by atoms with Crippen LogP contribution >= 0.6 is 11.6 Å². The fourth-order valence-electron chi connectivity index (χ4n) is 4.38. The van der Waals surface area contributed by atoms with E-state index in [2.05, 4.69) is 10.2 Å². The number of hydrogen-bond acceptors (Lipinski definition) is 5. The zero-order chi connectivity index (χ0) is 22.1. The summed E-state index contributed by atoms with van der Waals surface area (Å²) in [6.45, 7) is 4.08. The van der Waals surface area contributed by atoms with Gasteiger partial charge in [0.05, 0.1) is 16.8 Å². The average Bonchev–Trinajstić information content (AvgIpc) is 3.19. The highest BCUT2D eigenvalue weighted by atomic mass is 35.5. The molecule has 2 aromatic rings. The number of para-hydroxylation sites is 1. The fourth-order valence-corrected chi connectivity index (χ4v) is 4.63. The Morgan fingerprint density at radius 2 is 1.75 bits per heavy atom. The van der Waals surface area contributed by atoms with E-state index in [-0.39, 0.29) is 24.4 Å². The van der Waals surface area contributed by atoms with Gasteiger partial charge in [-0.3, -0.25) is 4.79 Å². The Labute approximate surface area is 191 Å². The highest BCUT2D eigenvalue weighted by Gasteiger charge is 2.33. The van der Waals surface area contributed by atoms with E-state index in [9.17, 15) is 9.59 Å². The van der Waals surface area contributed by atoms with Gasteiger partial charge in [0.15, 0.2) is 11.5 Å². The lowest BCUT2D eigenvalue weighted by molar-refractivity contribution is -0.117. The van der Waals surface area contributed by atoms with Gasteiger partial charge in [-0.1, -0.05) is 23.7 Å². The zero-order valence-corrected chi connectivity index (χ0v) is 18.4. The summed E-state index contributed by atoms with van der Waals surface area (Å²) in [6, 6.07) is 12.9. The van der Waals surface area contributed by atoms with Crippen LogP contribution in [-0.2, 0) is 4.79 Å². The molecule has 1 unspecified atom stereocenters. The van der Waals surface area contributed by atoms with Gasteiger partial charge in [0.25, 0.3) is 0 Å². The van der Waals surface area contributed by atoms with Crippen LogP contribution in [0.4, 0.5) is 16.2 Å². The minimum Gasteiger partial charge on any atom is -0.486 e. The number of benzene rings is 2. The first-order valence-electron chi connectivity index (χ1n) is 10.8. The Morgan fingerprint density at radius 3 is 2.53 bits per heavy atom. The molecule has 2 saturated heterocycles. The number of amides is 3. The molecular weight excluding hydrogens is 432 g/mol. The molecule has 2 fully saturated rings. The number of nitrogens with one attached hydrogen (secondary N) is 1. The summed E-state index contributed by atoms with van der Waals surface area (Å²) >= 11 is 6.30. The molecule has 3 amide bonds. The summed E-state index contributed by atoms with van der Waals surface area (Å²) in [7, 11) is 0. The van der Waals surface area contributed by atoms with Crippen LogP contribution in [-0.4, -0.2) is 68.8 Å². The lowest BCUT2D eigenvalue weighted by atomic mass is 10.2. The molecule has 9 heteroatoms. The van der Waals surface area contributed by atoms with Gasteiger partial charge in [-0.15, -0.1) is 0 Å². The van der Waals surface area contributed by atoms with Gasteiger partial charge in [0.2, 0.25) is 5.91 Å². The Morgan fingerprint density at radius 1 is 1.00 bits per heavy atom. The number of halogens is 1. The second-order valence-electron chi connectivity index (χ2n) is 8.11. The minimum absolute atomic E-state index is 0.0180. The lowest BCUT2D eigenvalue weighted by Gasteiger charge is -2.36. The maximum absolute atomic E-state index is 12.8. The molecule has 32 heavy (non-hydrogen) atoms. The van der Waals surface area contributed by atoms with Crippen LogP contribution in [0.15, 0.2) is 42.5 Å². The van der Waals surface area contributed by atoms with E-state index in [0.29, 0.717) is 62.5 Å². The van der Waals surface area contributed by atoms with Crippen molar-refractivity contribution in [3.8, 4) is 11.5 Å².